The molecule has 0 fully saturated rings. The van der Waals surface area contributed by atoms with Gasteiger partial charge < -0.3 is 5.11 Å². The van der Waals surface area contributed by atoms with E-state index in [4.69, 9.17) is 0 Å². The molecule has 1 aromatic carbocycles. The average Bonchev–Trinajstić information content (AvgIpc) is 2.17. The lowest BCUT2D eigenvalue weighted by molar-refractivity contribution is 0.0795. The maximum absolute atomic E-state index is 9.78. The molecule has 2 heteroatoms. The van der Waals surface area contributed by atoms with Crippen LogP contribution in [0.4, 0.5) is 0 Å². The number of benzene rings is 1. The van der Waals surface area contributed by atoms with Gasteiger partial charge in [-0.15, -0.1) is 0 Å². The smallest absolute Gasteiger partial charge is 0.0712 e. The number of alkyl halides is 1. The van der Waals surface area contributed by atoms with Gasteiger partial charge in [0.1, 0.15) is 0 Å². The predicted molar refractivity (Wildman–Crippen MR) is 64.3 cm³/mol. The third kappa shape index (κ3) is 4.09. The highest BCUT2D eigenvalue weighted by Gasteiger charge is 2.17. The van der Waals surface area contributed by atoms with E-state index in [2.05, 4.69) is 34.7 Å². The summed E-state index contributed by atoms with van der Waals surface area (Å²) < 4.78 is 0.789. The molecule has 0 aliphatic carbocycles. The Bertz CT molecular complexity index is 244. The summed E-state index contributed by atoms with van der Waals surface area (Å²) in [6.07, 6.45) is 1.79. The minimum Gasteiger partial charge on any atom is -0.389 e. The zero-order valence-corrected chi connectivity index (χ0v) is 9.99. The van der Waals surface area contributed by atoms with Crippen LogP contribution in [0.2, 0.25) is 0 Å². The van der Waals surface area contributed by atoms with Crippen molar-refractivity contribution in [1.29, 1.82) is 0 Å². The quantitative estimate of drug-likeness (QED) is 0.668. The van der Waals surface area contributed by atoms with Crippen molar-refractivity contribution in [3.63, 3.8) is 0 Å². The lowest BCUT2D eigenvalue weighted by atomic mass is 9.99. The number of hydrogen-bond acceptors (Lipinski definition) is 1. The minimum atomic E-state index is -0.517. The molecule has 0 aromatic heterocycles. The third-order valence-corrected chi connectivity index (χ3v) is 3.73. The summed E-state index contributed by atoms with van der Waals surface area (Å²) in [5.74, 6) is 0. The molecule has 72 valence electrons. The Labute approximate surface area is 93.3 Å². The molecular weight excluding hydrogens is 275 g/mol. The predicted octanol–water partition coefficient (Wildman–Crippen LogP) is 2.81. The van der Waals surface area contributed by atoms with Crippen LogP contribution in [0.25, 0.3) is 0 Å². The third-order valence-electron chi connectivity index (χ3n) is 2.08. The van der Waals surface area contributed by atoms with E-state index in [1.807, 2.05) is 25.1 Å². The molecule has 1 rings (SSSR count). The molecule has 1 nitrogen and oxygen atoms in total. The molecule has 1 atom stereocenters. The Morgan fingerprint density at radius 2 is 1.92 bits per heavy atom. The van der Waals surface area contributed by atoms with Crippen molar-refractivity contribution >= 4 is 22.6 Å². The van der Waals surface area contributed by atoms with Crippen molar-refractivity contribution in [3.8, 4) is 0 Å². The summed E-state index contributed by atoms with van der Waals surface area (Å²) in [7, 11) is 0. The van der Waals surface area contributed by atoms with Crippen LogP contribution in [-0.2, 0) is 6.42 Å². The first-order chi connectivity index (χ1) is 6.14. The van der Waals surface area contributed by atoms with Gasteiger partial charge in [-0.3, -0.25) is 0 Å². The summed E-state index contributed by atoms with van der Waals surface area (Å²) in [6.45, 7) is 1.89. The van der Waals surface area contributed by atoms with Crippen LogP contribution in [0.15, 0.2) is 30.3 Å². The van der Waals surface area contributed by atoms with Gasteiger partial charge in [0.05, 0.1) is 5.60 Å². The molecule has 0 amide bonds. The standard InChI is InChI=1S/C11H15IO/c1-11(13,9-12)8-7-10-5-3-2-4-6-10/h2-6,13H,7-9H2,1H3. The fraction of sp³-hybridized carbons (Fsp3) is 0.455. The lowest BCUT2D eigenvalue weighted by Crippen LogP contribution is -2.26. The van der Waals surface area contributed by atoms with Gasteiger partial charge in [-0.1, -0.05) is 52.9 Å². The number of aliphatic hydroxyl groups is 1. The van der Waals surface area contributed by atoms with Crippen molar-refractivity contribution in [1.82, 2.24) is 0 Å². The lowest BCUT2D eigenvalue weighted by Gasteiger charge is -2.19. The van der Waals surface area contributed by atoms with E-state index in [9.17, 15) is 5.11 Å². The topological polar surface area (TPSA) is 20.2 Å². The van der Waals surface area contributed by atoms with E-state index in [1.54, 1.807) is 0 Å². The van der Waals surface area contributed by atoms with Gasteiger partial charge in [-0.25, -0.2) is 0 Å². The maximum Gasteiger partial charge on any atom is 0.0712 e. The van der Waals surface area contributed by atoms with Gasteiger partial charge in [0.25, 0.3) is 0 Å². The number of aryl methyl sites for hydroxylation is 1. The second kappa shape index (κ2) is 4.96. The molecule has 1 unspecified atom stereocenters. The van der Waals surface area contributed by atoms with E-state index >= 15 is 0 Å². The van der Waals surface area contributed by atoms with Gasteiger partial charge in [0.2, 0.25) is 0 Å². The van der Waals surface area contributed by atoms with Crippen molar-refractivity contribution in [2.75, 3.05) is 4.43 Å². The van der Waals surface area contributed by atoms with Crippen molar-refractivity contribution in [2.24, 2.45) is 0 Å². The Balaban J connectivity index is 2.44. The summed E-state index contributed by atoms with van der Waals surface area (Å²) in [4.78, 5) is 0. The number of hydrogen-bond donors (Lipinski definition) is 1. The minimum absolute atomic E-state index is 0.517. The normalized spacial score (nSPS) is 15.3. The van der Waals surface area contributed by atoms with E-state index in [-0.39, 0.29) is 0 Å². The molecule has 0 aliphatic heterocycles. The molecular formula is C11H15IO. The zero-order chi connectivity index (χ0) is 9.73. The van der Waals surface area contributed by atoms with Crippen LogP contribution in [0.1, 0.15) is 18.9 Å². The van der Waals surface area contributed by atoms with E-state index in [1.165, 1.54) is 5.56 Å². The zero-order valence-electron chi connectivity index (χ0n) is 7.83. The first-order valence-corrected chi connectivity index (χ1v) is 5.99. The van der Waals surface area contributed by atoms with Crippen LogP contribution >= 0.6 is 22.6 Å². The van der Waals surface area contributed by atoms with Crippen LogP contribution in [0, 0.1) is 0 Å². The number of rotatable bonds is 4. The summed E-state index contributed by atoms with van der Waals surface area (Å²) in [5, 5.41) is 9.78. The Hall–Kier alpha value is -0.0900. The molecule has 0 saturated carbocycles. The molecule has 1 aromatic rings. The summed E-state index contributed by atoms with van der Waals surface area (Å²) >= 11 is 2.22. The first kappa shape index (κ1) is 11.0. The van der Waals surface area contributed by atoms with Crippen molar-refractivity contribution in [3.05, 3.63) is 35.9 Å². The Kier molecular flexibility index (Phi) is 4.19. The van der Waals surface area contributed by atoms with E-state index in [0.717, 1.165) is 17.3 Å². The Morgan fingerprint density at radius 1 is 1.31 bits per heavy atom. The van der Waals surface area contributed by atoms with Crippen LogP contribution in [-0.4, -0.2) is 15.1 Å². The largest absolute Gasteiger partial charge is 0.389 e. The number of halogens is 1. The van der Waals surface area contributed by atoms with Gasteiger partial charge in [0, 0.05) is 4.43 Å². The second-order valence-electron chi connectivity index (χ2n) is 3.62. The van der Waals surface area contributed by atoms with Crippen LogP contribution < -0.4 is 0 Å². The molecule has 0 saturated heterocycles. The fourth-order valence-electron chi connectivity index (χ4n) is 1.13. The highest BCUT2D eigenvalue weighted by Crippen LogP contribution is 2.16. The van der Waals surface area contributed by atoms with E-state index in [0.29, 0.717) is 0 Å². The van der Waals surface area contributed by atoms with Crippen molar-refractivity contribution < 1.29 is 5.11 Å². The average molecular weight is 290 g/mol. The molecule has 0 aliphatic rings. The van der Waals surface area contributed by atoms with Gasteiger partial charge in [0.15, 0.2) is 0 Å². The van der Waals surface area contributed by atoms with Gasteiger partial charge in [-0.05, 0) is 25.3 Å². The molecule has 0 bridgehead atoms. The maximum atomic E-state index is 9.78. The van der Waals surface area contributed by atoms with Gasteiger partial charge in [-0.2, -0.15) is 0 Å². The highest BCUT2D eigenvalue weighted by molar-refractivity contribution is 14.1. The first-order valence-electron chi connectivity index (χ1n) is 4.46. The fourth-order valence-corrected chi connectivity index (χ4v) is 1.51. The van der Waals surface area contributed by atoms with Crippen LogP contribution in [0.5, 0.6) is 0 Å². The van der Waals surface area contributed by atoms with Gasteiger partial charge >= 0.3 is 0 Å². The second-order valence-corrected chi connectivity index (χ2v) is 4.38. The molecule has 1 N–H and O–H groups in total. The molecule has 0 radical (unpaired) electrons. The van der Waals surface area contributed by atoms with Crippen LogP contribution in [0.3, 0.4) is 0 Å². The summed E-state index contributed by atoms with van der Waals surface area (Å²) in [6, 6.07) is 10.3. The molecule has 13 heavy (non-hydrogen) atoms. The van der Waals surface area contributed by atoms with E-state index < -0.39 is 5.60 Å². The molecule has 0 heterocycles. The monoisotopic (exact) mass is 290 g/mol. The molecule has 0 spiro atoms. The Morgan fingerprint density at radius 3 is 2.46 bits per heavy atom. The van der Waals surface area contributed by atoms with Crippen molar-refractivity contribution in [2.45, 2.75) is 25.4 Å². The SMILES string of the molecule is CC(O)(CI)CCc1ccccc1. The summed E-state index contributed by atoms with van der Waals surface area (Å²) in [5.41, 5.74) is 0.781. The highest BCUT2D eigenvalue weighted by atomic mass is 127.